The molecule has 1 atom stereocenters. The molecule has 170 valence electrons. The zero-order valence-corrected chi connectivity index (χ0v) is 20.0. The minimum absolute atomic E-state index is 0.0774. The topological polar surface area (TPSA) is 70.5 Å². The number of aliphatic hydroxyl groups excluding tert-OH is 1. The summed E-state index contributed by atoms with van der Waals surface area (Å²) in [5.74, 6) is -1.57. The molecule has 5 nitrogen and oxygen atoms in total. The molecule has 1 saturated heterocycles. The predicted molar refractivity (Wildman–Crippen MR) is 136 cm³/mol. The van der Waals surface area contributed by atoms with Crippen LogP contribution in [0.5, 0.6) is 0 Å². The second kappa shape index (κ2) is 8.54. The van der Waals surface area contributed by atoms with Crippen LogP contribution in [0.15, 0.2) is 72.3 Å². The summed E-state index contributed by atoms with van der Waals surface area (Å²) in [7, 11) is 0. The molecule has 5 rings (SSSR count). The monoisotopic (exact) mass is 468 g/mol. The van der Waals surface area contributed by atoms with Gasteiger partial charge in [0, 0.05) is 5.56 Å². The maximum atomic E-state index is 13.4. The van der Waals surface area contributed by atoms with Crippen LogP contribution in [0.2, 0.25) is 0 Å². The maximum absolute atomic E-state index is 13.4. The average Bonchev–Trinajstić information content (AvgIpc) is 3.37. The Kier molecular flexibility index (Phi) is 5.54. The number of aliphatic hydroxyl groups is 1. The number of hydrogen-bond donors (Lipinski definition) is 1. The lowest BCUT2D eigenvalue weighted by Gasteiger charge is -2.23. The van der Waals surface area contributed by atoms with Crippen LogP contribution in [-0.2, 0) is 16.0 Å². The van der Waals surface area contributed by atoms with Crippen molar-refractivity contribution in [3.05, 3.63) is 100 Å². The van der Waals surface area contributed by atoms with Crippen LogP contribution in [0.3, 0.4) is 0 Å². The molecule has 2 heterocycles. The SMILES string of the molecule is CCc1ccc(C2/C(=C(/O)c3ccc(C)cc3)C(=O)C(=O)N2c2nc3ccc(C)cc3s2)cc1. The average molecular weight is 469 g/mol. The van der Waals surface area contributed by atoms with Crippen LogP contribution in [-0.4, -0.2) is 21.8 Å². The van der Waals surface area contributed by atoms with E-state index < -0.39 is 17.7 Å². The number of nitrogens with zero attached hydrogens (tertiary/aromatic N) is 2. The van der Waals surface area contributed by atoms with Gasteiger partial charge in [-0.3, -0.25) is 14.5 Å². The highest BCUT2D eigenvalue weighted by molar-refractivity contribution is 7.22. The van der Waals surface area contributed by atoms with Crippen LogP contribution in [0.4, 0.5) is 5.13 Å². The molecule has 1 fully saturated rings. The molecule has 0 radical (unpaired) electrons. The predicted octanol–water partition coefficient (Wildman–Crippen LogP) is 6.10. The van der Waals surface area contributed by atoms with E-state index in [0.29, 0.717) is 10.7 Å². The molecule has 0 saturated carbocycles. The van der Waals surface area contributed by atoms with Crippen molar-refractivity contribution >= 4 is 44.1 Å². The lowest BCUT2D eigenvalue weighted by molar-refractivity contribution is -0.132. The Hall–Kier alpha value is -3.77. The number of thiazole rings is 1. The fourth-order valence-corrected chi connectivity index (χ4v) is 5.36. The number of ketones is 1. The molecule has 3 aromatic carbocycles. The lowest BCUT2D eigenvalue weighted by atomic mass is 9.94. The third-order valence-electron chi connectivity index (χ3n) is 6.21. The van der Waals surface area contributed by atoms with Crippen LogP contribution in [0.1, 0.15) is 40.8 Å². The van der Waals surface area contributed by atoms with Crippen molar-refractivity contribution in [2.24, 2.45) is 0 Å². The summed E-state index contributed by atoms with van der Waals surface area (Å²) in [4.78, 5) is 32.8. The van der Waals surface area contributed by atoms with Crippen molar-refractivity contribution in [2.45, 2.75) is 33.2 Å². The third-order valence-corrected chi connectivity index (χ3v) is 7.23. The first-order valence-corrected chi connectivity index (χ1v) is 12.0. The van der Waals surface area contributed by atoms with E-state index in [1.54, 1.807) is 12.1 Å². The molecule has 1 aliphatic heterocycles. The number of fused-ring (bicyclic) bond motifs is 1. The number of aromatic nitrogens is 1. The second-order valence-electron chi connectivity index (χ2n) is 8.60. The van der Waals surface area contributed by atoms with E-state index in [2.05, 4.69) is 11.9 Å². The number of carbonyl (C=O) groups excluding carboxylic acids is 2. The van der Waals surface area contributed by atoms with Crippen molar-refractivity contribution < 1.29 is 14.7 Å². The minimum Gasteiger partial charge on any atom is -0.507 e. The summed E-state index contributed by atoms with van der Waals surface area (Å²) < 4.78 is 0.940. The van der Waals surface area contributed by atoms with Crippen molar-refractivity contribution in [1.29, 1.82) is 0 Å². The first-order chi connectivity index (χ1) is 16.4. The number of aryl methyl sites for hydroxylation is 3. The van der Waals surface area contributed by atoms with Crippen molar-refractivity contribution in [3.8, 4) is 0 Å². The van der Waals surface area contributed by atoms with E-state index in [-0.39, 0.29) is 11.3 Å². The number of hydrogen-bond acceptors (Lipinski definition) is 5. The first kappa shape index (κ1) is 22.0. The molecular weight excluding hydrogens is 444 g/mol. The lowest BCUT2D eigenvalue weighted by Crippen LogP contribution is -2.29. The Morgan fingerprint density at radius 1 is 0.971 bits per heavy atom. The highest BCUT2D eigenvalue weighted by Crippen LogP contribution is 2.44. The van der Waals surface area contributed by atoms with Crippen molar-refractivity contribution in [2.75, 3.05) is 4.90 Å². The van der Waals surface area contributed by atoms with Crippen LogP contribution in [0, 0.1) is 13.8 Å². The minimum atomic E-state index is -0.770. The summed E-state index contributed by atoms with van der Waals surface area (Å²) in [6.45, 7) is 6.02. The summed E-state index contributed by atoms with van der Waals surface area (Å²) >= 11 is 1.37. The Bertz CT molecular complexity index is 1450. The number of benzene rings is 3. The van der Waals surface area contributed by atoms with Gasteiger partial charge in [0.05, 0.1) is 21.8 Å². The first-order valence-electron chi connectivity index (χ1n) is 11.2. The van der Waals surface area contributed by atoms with Crippen LogP contribution >= 0.6 is 11.3 Å². The highest BCUT2D eigenvalue weighted by atomic mass is 32.1. The van der Waals surface area contributed by atoms with Crippen molar-refractivity contribution in [3.63, 3.8) is 0 Å². The third kappa shape index (κ3) is 3.70. The number of rotatable bonds is 4. The normalized spacial score (nSPS) is 17.6. The molecule has 1 aromatic heterocycles. The Balaban J connectivity index is 1.72. The quantitative estimate of drug-likeness (QED) is 0.223. The molecule has 1 N–H and O–H groups in total. The van der Waals surface area contributed by atoms with E-state index >= 15 is 0 Å². The zero-order chi connectivity index (χ0) is 24.0. The fraction of sp³-hybridized carbons (Fsp3) is 0.179. The number of carbonyl (C=O) groups is 2. The molecule has 1 amide bonds. The molecule has 0 spiro atoms. The fourth-order valence-electron chi connectivity index (χ4n) is 4.27. The molecule has 6 heteroatoms. The molecule has 1 aliphatic rings. The summed E-state index contributed by atoms with van der Waals surface area (Å²) in [5, 5.41) is 11.7. The molecule has 0 bridgehead atoms. The zero-order valence-electron chi connectivity index (χ0n) is 19.2. The van der Waals surface area contributed by atoms with Gasteiger partial charge in [-0.2, -0.15) is 0 Å². The van der Waals surface area contributed by atoms with Gasteiger partial charge in [0.2, 0.25) is 0 Å². The van der Waals surface area contributed by atoms with E-state index in [0.717, 1.165) is 38.9 Å². The Morgan fingerprint density at radius 2 is 1.65 bits per heavy atom. The van der Waals surface area contributed by atoms with Crippen LogP contribution < -0.4 is 4.90 Å². The van der Waals surface area contributed by atoms with E-state index in [9.17, 15) is 14.7 Å². The van der Waals surface area contributed by atoms with E-state index in [4.69, 9.17) is 0 Å². The van der Waals surface area contributed by atoms with Gasteiger partial charge in [0.25, 0.3) is 5.78 Å². The van der Waals surface area contributed by atoms with Crippen molar-refractivity contribution in [1.82, 2.24) is 4.98 Å². The van der Waals surface area contributed by atoms with E-state index in [1.807, 2.05) is 68.4 Å². The summed E-state index contributed by atoms with van der Waals surface area (Å²) in [6, 6.07) is 20.2. The molecular formula is C28H24N2O3S. The highest BCUT2D eigenvalue weighted by Gasteiger charge is 2.48. The van der Waals surface area contributed by atoms with Gasteiger partial charge in [-0.1, -0.05) is 78.4 Å². The van der Waals surface area contributed by atoms with E-state index in [1.165, 1.54) is 16.2 Å². The van der Waals surface area contributed by atoms with Gasteiger partial charge in [-0.15, -0.1) is 0 Å². The van der Waals surface area contributed by atoms with Gasteiger partial charge >= 0.3 is 5.91 Å². The standard InChI is InChI=1S/C28H24N2O3S/c1-4-18-8-12-19(13-9-18)24-23(25(31)20-10-5-16(2)6-11-20)26(32)27(33)30(24)28-29-21-14-7-17(3)15-22(21)34-28/h5-15,24,31H,4H2,1-3H3/b25-23-. The van der Waals surface area contributed by atoms with Gasteiger partial charge in [-0.25, -0.2) is 4.98 Å². The summed E-state index contributed by atoms with van der Waals surface area (Å²) in [5.41, 5.74) is 5.37. The smallest absolute Gasteiger partial charge is 0.301 e. The van der Waals surface area contributed by atoms with Gasteiger partial charge < -0.3 is 5.11 Å². The molecule has 1 unspecified atom stereocenters. The largest absolute Gasteiger partial charge is 0.507 e. The Morgan fingerprint density at radius 3 is 2.32 bits per heavy atom. The molecule has 0 aliphatic carbocycles. The maximum Gasteiger partial charge on any atom is 0.301 e. The summed E-state index contributed by atoms with van der Waals surface area (Å²) in [6.07, 6.45) is 0.876. The molecule has 4 aromatic rings. The van der Waals surface area contributed by atoms with Gasteiger partial charge in [0.15, 0.2) is 5.13 Å². The van der Waals surface area contributed by atoms with Gasteiger partial charge in [0.1, 0.15) is 5.76 Å². The number of amides is 1. The Labute approximate surface area is 202 Å². The van der Waals surface area contributed by atoms with Gasteiger partial charge in [-0.05, 0) is 49.1 Å². The van der Waals surface area contributed by atoms with Crippen LogP contribution in [0.25, 0.3) is 16.0 Å². The second-order valence-corrected chi connectivity index (χ2v) is 9.61. The number of anilines is 1. The molecule has 34 heavy (non-hydrogen) atoms. The number of Topliss-reactive ketones (excluding diaryl/α,β-unsaturated/α-hetero) is 1.